The van der Waals surface area contributed by atoms with Gasteiger partial charge in [0.2, 0.25) is 5.91 Å². The standard InChI is InChI=1S/C16H16BrFN2O/c1-10(13-5-3-4-6-14(13)17)19-16-9-12(20-11(2)21)7-8-15(16)18/h3-10,19H,1-2H3,(H,20,21). The third kappa shape index (κ3) is 4.04. The Hall–Kier alpha value is -1.88. The Labute approximate surface area is 131 Å². The molecule has 1 atom stereocenters. The molecule has 2 aromatic carbocycles. The predicted molar refractivity (Wildman–Crippen MR) is 86.9 cm³/mol. The molecule has 110 valence electrons. The second-order valence-electron chi connectivity index (χ2n) is 4.76. The normalized spacial score (nSPS) is 11.8. The summed E-state index contributed by atoms with van der Waals surface area (Å²) >= 11 is 3.49. The highest BCUT2D eigenvalue weighted by molar-refractivity contribution is 9.10. The first-order chi connectivity index (χ1) is 9.97. The summed E-state index contributed by atoms with van der Waals surface area (Å²) in [5, 5.41) is 5.77. The summed E-state index contributed by atoms with van der Waals surface area (Å²) in [5.41, 5.74) is 1.94. The second-order valence-corrected chi connectivity index (χ2v) is 5.62. The third-order valence-corrected chi connectivity index (χ3v) is 3.75. The zero-order valence-electron chi connectivity index (χ0n) is 11.8. The van der Waals surface area contributed by atoms with E-state index in [1.807, 2.05) is 31.2 Å². The van der Waals surface area contributed by atoms with Gasteiger partial charge in [-0.2, -0.15) is 0 Å². The highest BCUT2D eigenvalue weighted by Crippen LogP contribution is 2.28. The van der Waals surface area contributed by atoms with Gasteiger partial charge in [0.15, 0.2) is 0 Å². The van der Waals surface area contributed by atoms with E-state index >= 15 is 0 Å². The van der Waals surface area contributed by atoms with E-state index in [0.717, 1.165) is 10.0 Å². The van der Waals surface area contributed by atoms with Crippen LogP contribution in [0.15, 0.2) is 46.9 Å². The average molecular weight is 351 g/mol. The van der Waals surface area contributed by atoms with Gasteiger partial charge in [0.05, 0.1) is 5.69 Å². The van der Waals surface area contributed by atoms with E-state index in [1.165, 1.54) is 19.1 Å². The van der Waals surface area contributed by atoms with Crippen molar-refractivity contribution in [1.82, 2.24) is 0 Å². The Morgan fingerprint density at radius 2 is 1.95 bits per heavy atom. The van der Waals surface area contributed by atoms with Gasteiger partial charge in [-0.05, 0) is 36.8 Å². The molecule has 2 N–H and O–H groups in total. The zero-order chi connectivity index (χ0) is 15.4. The highest BCUT2D eigenvalue weighted by atomic mass is 79.9. The molecule has 0 fully saturated rings. The lowest BCUT2D eigenvalue weighted by Crippen LogP contribution is -2.10. The number of benzene rings is 2. The van der Waals surface area contributed by atoms with Crippen molar-refractivity contribution in [3.63, 3.8) is 0 Å². The Bertz CT molecular complexity index is 660. The number of carbonyl (C=O) groups excluding carboxylic acids is 1. The summed E-state index contributed by atoms with van der Waals surface area (Å²) in [5.74, 6) is -0.547. The van der Waals surface area contributed by atoms with Crippen molar-refractivity contribution in [2.24, 2.45) is 0 Å². The Balaban J connectivity index is 2.22. The number of carbonyl (C=O) groups is 1. The molecule has 21 heavy (non-hydrogen) atoms. The minimum Gasteiger partial charge on any atom is -0.376 e. The number of rotatable bonds is 4. The molecule has 0 aliphatic heterocycles. The summed E-state index contributed by atoms with van der Waals surface area (Å²) in [6.07, 6.45) is 0. The van der Waals surface area contributed by atoms with Gasteiger partial charge in [0.1, 0.15) is 5.82 Å². The van der Waals surface area contributed by atoms with Crippen LogP contribution in [0.25, 0.3) is 0 Å². The minimum absolute atomic E-state index is 0.0809. The number of amides is 1. The number of halogens is 2. The second kappa shape index (κ2) is 6.72. The molecule has 0 saturated carbocycles. The molecule has 0 saturated heterocycles. The molecule has 5 heteroatoms. The Morgan fingerprint density at radius 3 is 2.62 bits per heavy atom. The predicted octanol–water partition coefficient (Wildman–Crippen LogP) is 4.72. The molecule has 0 spiro atoms. The molecule has 0 aromatic heterocycles. The fraction of sp³-hybridized carbons (Fsp3) is 0.188. The highest BCUT2D eigenvalue weighted by Gasteiger charge is 2.12. The fourth-order valence-corrected chi connectivity index (χ4v) is 2.68. The smallest absolute Gasteiger partial charge is 0.221 e. The SMILES string of the molecule is CC(=O)Nc1ccc(F)c(NC(C)c2ccccc2Br)c1. The summed E-state index contributed by atoms with van der Waals surface area (Å²) < 4.78 is 14.9. The van der Waals surface area contributed by atoms with E-state index < -0.39 is 0 Å². The van der Waals surface area contributed by atoms with Crippen molar-refractivity contribution < 1.29 is 9.18 Å². The number of anilines is 2. The van der Waals surface area contributed by atoms with Crippen molar-refractivity contribution in [1.29, 1.82) is 0 Å². The minimum atomic E-state index is -0.358. The van der Waals surface area contributed by atoms with Gasteiger partial charge in [-0.15, -0.1) is 0 Å². The van der Waals surface area contributed by atoms with Crippen LogP contribution in [-0.2, 0) is 4.79 Å². The molecule has 0 heterocycles. The van der Waals surface area contributed by atoms with Crippen molar-refractivity contribution in [3.8, 4) is 0 Å². The first kappa shape index (κ1) is 15.5. The van der Waals surface area contributed by atoms with E-state index in [2.05, 4.69) is 26.6 Å². The van der Waals surface area contributed by atoms with Crippen LogP contribution >= 0.6 is 15.9 Å². The summed E-state index contributed by atoms with van der Waals surface area (Å²) in [6.45, 7) is 3.37. The average Bonchev–Trinajstić information content (AvgIpc) is 2.42. The molecule has 3 nitrogen and oxygen atoms in total. The van der Waals surface area contributed by atoms with Gasteiger partial charge < -0.3 is 10.6 Å². The number of nitrogens with one attached hydrogen (secondary N) is 2. The van der Waals surface area contributed by atoms with E-state index in [9.17, 15) is 9.18 Å². The molecule has 0 radical (unpaired) electrons. The molecule has 2 aromatic rings. The van der Waals surface area contributed by atoms with Crippen molar-refractivity contribution in [3.05, 3.63) is 58.3 Å². The van der Waals surface area contributed by atoms with Crippen LogP contribution in [-0.4, -0.2) is 5.91 Å². The van der Waals surface area contributed by atoms with Gasteiger partial charge in [0.25, 0.3) is 0 Å². The van der Waals surface area contributed by atoms with Gasteiger partial charge >= 0.3 is 0 Å². The maximum Gasteiger partial charge on any atom is 0.221 e. The summed E-state index contributed by atoms with van der Waals surface area (Å²) in [6, 6.07) is 12.1. The van der Waals surface area contributed by atoms with Gasteiger partial charge in [-0.3, -0.25) is 4.79 Å². The van der Waals surface area contributed by atoms with Crippen LogP contribution in [0.5, 0.6) is 0 Å². The summed E-state index contributed by atoms with van der Waals surface area (Å²) in [7, 11) is 0. The van der Waals surface area contributed by atoms with Crippen LogP contribution in [0.4, 0.5) is 15.8 Å². The lowest BCUT2D eigenvalue weighted by Gasteiger charge is -2.18. The number of hydrogen-bond acceptors (Lipinski definition) is 2. The van der Waals surface area contributed by atoms with E-state index in [-0.39, 0.29) is 17.8 Å². The zero-order valence-corrected chi connectivity index (χ0v) is 13.4. The van der Waals surface area contributed by atoms with Crippen LogP contribution in [0.2, 0.25) is 0 Å². The van der Waals surface area contributed by atoms with E-state index in [1.54, 1.807) is 6.07 Å². The molecular formula is C16H16BrFN2O. The van der Waals surface area contributed by atoms with Gasteiger partial charge in [-0.25, -0.2) is 4.39 Å². The fourth-order valence-electron chi connectivity index (χ4n) is 2.05. The van der Waals surface area contributed by atoms with Crippen molar-refractivity contribution >= 4 is 33.2 Å². The largest absolute Gasteiger partial charge is 0.376 e. The van der Waals surface area contributed by atoms with Crippen LogP contribution < -0.4 is 10.6 Å². The Morgan fingerprint density at radius 1 is 1.24 bits per heavy atom. The molecule has 1 amide bonds. The molecule has 0 aliphatic carbocycles. The first-order valence-electron chi connectivity index (χ1n) is 6.55. The van der Waals surface area contributed by atoms with Gasteiger partial charge in [0, 0.05) is 23.1 Å². The topological polar surface area (TPSA) is 41.1 Å². The third-order valence-electron chi connectivity index (χ3n) is 3.03. The lowest BCUT2D eigenvalue weighted by atomic mass is 10.1. The molecule has 0 bridgehead atoms. The Kier molecular flexibility index (Phi) is 4.96. The van der Waals surface area contributed by atoms with Crippen molar-refractivity contribution in [2.75, 3.05) is 10.6 Å². The van der Waals surface area contributed by atoms with Crippen LogP contribution in [0.1, 0.15) is 25.5 Å². The van der Waals surface area contributed by atoms with E-state index in [0.29, 0.717) is 11.4 Å². The molecular weight excluding hydrogens is 335 g/mol. The monoisotopic (exact) mass is 350 g/mol. The van der Waals surface area contributed by atoms with E-state index in [4.69, 9.17) is 0 Å². The molecule has 2 rings (SSSR count). The molecule has 1 unspecified atom stereocenters. The maximum atomic E-state index is 13.9. The number of hydrogen-bond donors (Lipinski definition) is 2. The van der Waals surface area contributed by atoms with Gasteiger partial charge in [-0.1, -0.05) is 34.1 Å². The van der Waals surface area contributed by atoms with Crippen molar-refractivity contribution in [2.45, 2.75) is 19.9 Å². The quantitative estimate of drug-likeness (QED) is 0.837. The first-order valence-corrected chi connectivity index (χ1v) is 7.35. The maximum absolute atomic E-state index is 13.9. The van der Waals surface area contributed by atoms with Crippen LogP contribution in [0, 0.1) is 5.82 Å². The lowest BCUT2D eigenvalue weighted by molar-refractivity contribution is -0.114. The van der Waals surface area contributed by atoms with Crippen LogP contribution in [0.3, 0.4) is 0 Å². The summed E-state index contributed by atoms with van der Waals surface area (Å²) in [4.78, 5) is 11.1. The molecule has 0 aliphatic rings.